The molecule has 0 aromatic heterocycles. The zero-order valence-corrected chi connectivity index (χ0v) is 10.5. The van der Waals surface area contributed by atoms with Crippen LogP contribution >= 0.6 is 23.2 Å². The average Bonchev–Trinajstić information content (AvgIpc) is 2.26. The average molecular weight is 257 g/mol. The molecule has 0 heterocycles. The maximum atomic E-state index is 5.96. The molecule has 0 fully saturated rings. The number of unbranched alkanes of at least 4 members (excludes halogenated alkanes) is 3. The van der Waals surface area contributed by atoms with E-state index in [0.29, 0.717) is 22.4 Å². The van der Waals surface area contributed by atoms with Crippen LogP contribution in [0.4, 0.5) is 0 Å². The number of hydrogen-bond donors (Lipinski definition) is 0. The van der Waals surface area contributed by atoms with E-state index in [9.17, 15) is 0 Å². The van der Waals surface area contributed by atoms with Gasteiger partial charge in [-0.05, 0) is 37.5 Å². The summed E-state index contributed by atoms with van der Waals surface area (Å²) in [7, 11) is 0. The molecule has 0 aliphatic rings. The zero-order chi connectivity index (χ0) is 11.8. The van der Waals surface area contributed by atoms with Crippen LogP contribution in [-0.2, 0) is 0 Å². The van der Waals surface area contributed by atoms with Gasteiger partial charge >= 0.3 is 0 Å². The zero-order valence-electron chi connectivity index (χ0n) is 9.01. The first-order valence-corrected chi connectivity index (χ1v) is 6.01. The van der Waals surface area contributed by atoms with Gasteiger partial charge in [0.25, 0.3) is 0 Å². The largest absolute Gasteiger partial charge is 0.492 e. The lowest BCUT2D eigenvalue weighted by Gasteiger charge is -2.07. The van der Waals surface area contributed by atoms with Crippen molar-refractivity contribution in [1.82, 2.24) is 0 Å². The van der Waals surface area contributed by atoms with E-state index in [1.54, 1.807) is 18.2 Å². The number of halogens is 2. The van der Waals surface area contributed by atoms with Crippen molar-refractivity contribution in [3.8, 4) is 18.1 Å². The second-order valence-corrected chi connectivity index (χ2v) is 4.28. The molecule has 86 valence electrons. The lowest BCUT2D eigenvalue weighted by atomic mass is 10.2. The van der Waals surface area contributed by atoms with Gasteiger partial charge in [0.2, 0.25) is 0 Å². The fourth-order valence-corrected chi connectivity index (χ4v) is 1.74. The molecule has 1 rings (SSSR count). The first-order valence-electron chi connectivity index (χ1n) is 5.25. The van der Waals surface area contributed by atoms with Crippen LogP contribution < -0.4 is 4.74 Å². The minimum atomic E-state index is 0.552. The minimum absolute atomic E-state index is 0.552. The van der Waals surface area contributed by atoms with Crippen molar-refractivity contribution in [2.24, 2.45) is 0 Å². The van der Waals surface area contributed by atoms with Crippen molar-refractivity contribution in [2.45, 2.75) is 25.7 Å². The van der Waals surface area contributed by atoms with Crippen molar-refractivity contribution in [1.29, 1.82) is 0 Å². The van der Waals surface area contributed by atoms with Gasteiger partial charge in [0.05, 0.1) is 11.6 Å². The molecule has 1 aromatic rings. The molecule has 0 saturated carbocycles. The highest BCUT2D eigenvalue weighted by molar-refractivity contribution is 6.35. The summed E-state index contributed by atoms with van der Waals surface area (Å²) in [6.07, 6.45) is 9.11. The molecule has 1 aromatic carbocycles. The summed E-state index contributed by atoms with van der Waals surface area (Å²) in [5, 5.41) is 1.17. The van der Waals surface area contributed by atoms with Crippen LogP contribution in [0, 0.1) is 12.3 Å². The van der Waals surface area contributed by atoms with Crippen molar-refractivity contribution in [3.05, 3.63) is 28.2 Å². The summed E-state index contributed by atoms with van der Waals surface area (Å²) in [4.78, 5) is 0. The molecule has 0 radical (unpaired) electrons. The van der Waals surface area contributed by atoms with E-state index in [4.69, 9.17) is 34.4 Å². The van der Waals surface area contributed by atoms with E-state index in [1.807, 2.05) is 0 Å². The SMILES string of the molecule is C#CCCCCCOc1ccc(Cl)cc1Cl. The normalized spacial score (nSPS) is 9.81. The van der Waals surface area contributed by atoms with Gasteiger partial charge in [-0.15, -0.1) is 12.3 Å². The van der Waals surface area contributed by atoms with E-state index >= 15 is 0 Å². The topological polar surface area (TPSA) is 9.23 Å². The van der Waals surface area contributed by atoms with Crippen LogP contribution in [-0.4, -0.2) is 6.61 Å². The fraction of sp³-hybridized carbons (Fsp3) is 0.385. The standard InChI is InChI=1S/C13H14Cl2O/c1-2-3-4-5-6-9-16-13-8-7-11(14)10-12(13)15/h1,7-8,10H,3-6,9H2. The predicted molar refractivity (Wildman–Crippen MR) is 69.3 cm³/mol. The molecule has 0 spiro atoms. The summed E-state index contributed by atoms with van der Waals surface area (Å²) in [5.41, 5.74) is 0. The molecular weight excluding hydrogens is 243 g/mol. The number of hydrogen-bond acceptors (Lipinski definition) is 1. The van der Waals surface area contributed by atoms with Gasteiger partial charge in [-0.2, -0.15) is 0 Å². The van der Waals surface area contributed by atoms with E-state index in [0.717, 1.165) is 25.7 Å². The number of benzene rings is 1. The predicted octanol–water partition coefficient (Wildman–Crippen LogP) is 4.57. The molecule has 0 saturated heterocycles. The maximum absolute atomic E-state index is 5.96. The summed E-state index contributed by atoms with van der Waals surface area (Å²) in [6, 6.07) is 5.23. The summed E-state index contributed by atoms with van der Waals surface area (Å²) in [5.74, 6) is 3.30. The molecule has 1 nitrogen and oxygen atoms in total. The minimum Gasteiger partial charge on any atom is -0.492 e. The smallest absolute Gasteiger partial charge is 0.137 e. The molecule has 0 amide bonds. The Morgan fingerprint density at radius 3 is 2.69 bits per heavy atom. The second kappa shape index (κ2) is 7.44. The number of ether oxygens (including phenoxy) is 1. The van der Waals surface area contributed by atoms with Crippen molar-refractivity contribution >= 4 is 23.2 Å². The molecule has 3 heteroatoms. The Morgan fingerprint density at radius 1 is 1.19 bits per heavy atom. The molecule has 0 aliphatic carbocycles. The van der Waals surface area contributed by atoms with E-state index < -0.39 is 0 Å². The second-order valence-electron chi connectivity index (χ2n) is 3.44. The summed E-state index contributed by atoms with van der Waals surface area (Å²) < 4.78 is 5.53. The van der Waals surface area contributed by atoms with Crippen molar-refractivity contribution in [2.75, 3.05) is 6.61 Å². The third kappa shape index (κ3) is 4.79. The summed E-state index contributed by atoms with van der Waals surface area (Å²) >= 11 is 11.7. The molecule has 0 bridgehead atoms. The van der Waals surface area contributed by atoms with Gasteiger partial charge in [0.15, 0.2) is 0 Å². The lowest BCUT2D eigenvalue weighted by molar-refractivity contribution is 0.306. The van der Waals surface area contributed by atoms with Crippen LogP contribution in [0.2, 0.25) is 10.0 Å². The molecule has 0 aliphatic heterocycles. The Kier molecular flexibility index (Phi) is 6.15. The van der Waals surface area contributed by atoms with Gasteiger partial charge in [0, 0.05) is 11.4 Å². The Balaban J connectivity index is 2.25. The molecule has 0 unspecified atom stereocenters. The van der Waals surface area contributed by atoms with Crippen LogP contribution in [0.15, 0.2) is 18.2 Å². The van der Waals surface area contributed by atoms with Crippen molar-refractivity contribution < 1.29 is 4.74 Å². The number of terminal acetylenes is 1. The van der Waals surface area contributed by atoms with Gasteiger partial charge in [-0.1, -0.05) is 23.2 Å². The Labute approximate surface area is 107 Å². The van der Waals surface area contributed by atoms with Crippen LogP contribution in [0.25, 0.3) is 0 Å². The molecule has 0 N–H and O–H groups in total. The van der Waals surface area contributed by atoms with Crippen molar-refractivity contribution in [3.63, 3.8) is 0 Å². The molecule has 16 heavy (non-hydrogen) atoms. The van der Waals surface area contributed by atoms with Gasteiger partial charge < -0.3 is 4.74 Å². The lowest BCUT2D eigenvalue weighted by Crippen LogP contribution is -1.97. The van der Waals surface area contributed by atoms with Crippen LogP contribution in [0.5, 0.6) is 5.75 Å². The van der Waals surface area contributed by atoms with E-state index in [1.165, 1.54) is 0 Å². The van der Waals surface area contributed by atoms with E-state index in [-0.39, 0.29) is 0 Å². The Morgan fingerprint density at radius 2 is 2.00 bits per heavy atom. The monoisotopic (exact) mass is 256 g/mol. The maximum Gasteiger partial charge on any atom is 0.137 e. The van der Waals surface area contributed by atoms with Gasteiger partial charge in [-0.25, -0.2) is 0 Å². The highest BCUT2D eigenvalue weighted by Crippen LogP contribution is 2.27. The summed E-state index contributed by atoms with van der Waals surface area (Å²) in [6.45, 7) is 0.659. The first kappa shape index (κ1) is 13.2. The number of rotatable bonds is 6. The molecular formula is C13H14Cl2O. The van der Waals surface area contributed by atoms with Crippen LogP contribution in [0.1, 0.15) is 25.7 Å². The highest BCUT2D eigenvalue weighted by atomic mass is 35.5. The third-order valence-electron chi connectivity index (χ3n) is 2.12. The quantitative estimate of drug-likeness (QED) is 0.536. The Hall–Kier alpha value is -0.840. The van der Waals surface area contributed by atoms with Gasteiger partial charge in [0.1, 0.15) is 5.75 Å². The van der Waals surface area contributed by atoms with Gasteiger partial charge in [-0.3, -0.25) is 0 Å². The highest BCUT2D eigenvalue weighted by Gasteiger charge is 2.01. The van der Waals surface area contributed by atoms with Crippen LogP contribution in [0.3, 0.4) is 0 Å². The third-order valence-corrected chi connectivity index (χ3v) is 2.65. The first-order chi connectivity index (χ1) is 7.74. The van der Waals surface area contributed by atoms with E-state index in [2.05, 4.69) is 5.92 Å². The Bertz CT molecular complexity index is 369. The molecule has 0 atom stereocenters. The fourth-order valence-electron chi connectivity index (χ4n) is 1.28.